The van der Waals surface area contributed by atoms with E-state index >= 15 is 0 Å². The van der Waals surface area contributed by atoms with Gasteiger partial charge in [-0.3, -0.25) is 9.20 Å². The normalized spacial score (nSPS) is 14.5. The summed E-state index contributed by atoms with van der Waals surface area (Å²) in [7, 11) is 1.53. The van der Waals surface area contributed by atoms with Gasteiger partial charge in [-0.1, -0.05) is 6.07 Å². The number of hydrogen-bond donors (Lipinski definition) is 1. The fraction of sp³-hybridized carbons (Fsp3) is 0.333. The zero-order valence-electron chi connectivity index (χ0n) is 16.1. The van der Waals surface area contributed by atoms with E-state index in [9.17, 15) is 10.1 Å². The summed E-state index contributed by atoms with van der Waals surface area (Å²) in [6.45, 7) is 3.95. The molecule has 4 rings (SSSR count). The van der Waals surface area contributed by atoms with Gasteiger partial charge in [0.05, 0.1) is 18.4 Å². The number of fused-ring (bicyclic) bond motifs is 1. The minimum atomic E-state index is -0.219. The quantitative estimate of drug-likeness (QED) is 0.740. The molecule has 1 aromatic carbocycles. The van der Waals surface area contributed by atoms with Gasteiger partial charge in [-0.2, -0.15) is 5.26 Å². The second-order valence-corrected chi connectivity index (χ2v) is 7.17. The number of nitrogens with zero attached hydrogens (tertiary/aromatic N) is 4. The minimum Gasteiger partial charge on any atom is -0.495 e. The van der Waals surface area contributed by atoms with Crippen molar-refractivity contribution in [3.63, 3.8) is 0 Å². The lowest BCUT2D eigenvalue weighted by atomic mass is 10.1. The smallest absolute Gasteiger partial charge is 0.274 e. The Kier molecular flexibility index (Phi) is 4.47. The number of carbonyl (C=O) groups excluding carboxylic acids is 1. The van der Waals surface area contributed by atoms with E-state index in [2.05, 4.69) is 21.4 Å². The van der Waals surface area contributed by atoms with Gasteiger partial charge in [0.2, 0.25) is 0 Å². The van der Waals surface area contributed by atoms with Gasteiger partial charge in [0.15, 0.2) is 11.3 Å². The topological polar surface area (TPSA) is 92.3 Å². The number of para-hydroxylation sites is 1. The largest absolute Gasteiger partial charge is 0.495 e. The highest BCUT2D eigenvalue weighted by molar-refractivity contribution is 5.98. The molecule has 142 valence electrons. The Morgan fingerprint density at radius 1 is 1.43 bits per heavy atom. The molecule has 0 aliphatic heterocycles. The lowest BCUT2D eigenvalue weighted by molar-refractivity contribution is 0.0933. The Balaban J connectivity index is 1.80. The Morgan fingerprint density at radius 2 is 2.21 bits per heavy atom. The third kappa shape index (κ3) is 3.07. The summed E-state index contributed by atoms with van der Waals surface area (Å²) in [5.41, 5.74) is 3.43. The molecule has 1 aliphatic carbocycles. The molecule has 1 saturated carbocycles. The second-order valence-electron chi connectivity index (χ2n) is 7.17. The van der Waals surface area contributed by atoms with Crippen LogP contribution >= 0.6 is 0 Å². The molecule has 1 aliphatic rings. The maximum Gasteiger partial charge on any atom is 0.274 e. The number of methoxy groups -OCH3 is 1. The van der Waals surface area contributed by atoms with Crippen LogP contribution in [0.25, 0.3) is 16.9 Å². The Hall–Kier alpha value is -3.40. The number of nitrogens with one attached hydrogen (secondary N) is 1. The monoisotopic (exact) mass is 375 g/mol. The molecule has 28 heavy (non-hydrogen) atoms. The van der Waals surface area contributed by atoms with Crippen LogP contribution in [-0.2, 0) is 0 Å². The van der Waals surface area contributed by atoms with Crippen molar-refractivity contribution >= 4 is 11.6 Å². The number of nitriles is 1. The molecule has 7 heteroatoms. The van der Waals surface area contributed by atoms with E-state index in [0.29, 0.717) is 39.8 Å². The predicted octanol–water partition coefficient (Wildman–Crippen LogP) is 3.11. The molecule has 0 saturated heterocycles. The molecular formula is C21H21N5O2. The molecule has 7 nitrogen and oxygen atoms in total. The maximum absolute atomic E-state index is 12.8. The van der Waals surface area contributed by atoms with Crippen molar-refractivity contribution in [3.8, 4) is 23.1 Å². The summed E-state index contributed by atoms with van der Waals surface area (Å²) in [4.78, 5) is 21.7. The Bertz CT molecular complexity index is 1110. The summed E-state index contributed by atoms with van der Waals surface area (Å²) in [6, 6.07) is 9.49. The van der Waals surface area contributed by atoms with Crippen LogP contribution in [0.1, 0.15) is 41.5 Å². The first-order valence-corrected chi connectivity index (χ1v) is 9.26. The molecule has 0 bridgehead atoms. The van der Waals surface area contributed by atoms with E-state index < -0.39 is 0 Å². The minimum absolute atomic E-state index is 0.126. The lowest BCUT2D eigenvalue weighted by Gasteiger charge is -2.13. The second kappa shape index (κ2) is 6.97. The average molecular weight is 375 g/mol. The molecule has 0 unspecified atom stereocenters. The zero-order valence-corrected chi connectivity index (χ0v) is 16.1. The fourth-order valence-electron chi connectivity index (χ4n) is 3.45. The number of amides is 1. The highest BCUT2D eigenvalue weighted by Gasteiger charge is 2.30. The summed E-state index contributed by atoms with van der Waals surface area (Å²) >= 11 is 0. The van der Waals surface area contributed by atoms with Gasteiger partial charge in [-0.15, -0.1) is 0 Å². The van der Waals surface area contributed by atoms with Crippen LogP contribution in [-0.4, -0.2) is 33.4 Å². The van der Waals surface area contributed by atoms with E-state index in [1.165, 1.54) is 7.11 Å². The number of hydrogen-bond acceptors (Lipinski definition) is 5. The Labute approximate surface area is 163 Å². The number of rotatable bonds is 5. The standard InChI is InChI=1S/C21H21N5O2/c1-12-9-17(16-6-4-5-15(10-22)19(16)28-3)25-20-18(23-11-26(12)20)21(27)24-13(2)14-7-8-14/h4-6,9,11,13-14H,7-8H2,1-3H3,(H,24,27)/t13-/m0/s1. The third-order valence-electron chi connectivity index (χ3n) is 5.21. The number of carbonyl (C=O) groups is 1. The van der Waals surface area contributed by atoms with Crippen molar-refractivity contribution in [1.82, 2.24) is 19.7 Å². The highest BCUT2D eigenvalue weighted by atomic mass is 16.5. The predicted molar refractivity (Wildman–Crippen MR) is 104 cm³/mol. The van der Waals surface area contributed by atoms with Crippen LogP contribution in [0.15, 0.2) is 30.6 Å². The molecule has 1 atom stereocenters. The number of aryl methyl sites for hydroxylation is 1. The van der Waals surface area contributed by atoms with E-state index in [1.54, 1.807) is 22.9 Å². The van der Waals surface area contributed by atoms with E-state index in [4.69, 9.17) is 4.74 Å². The van der Waals surface area contributed by atoms with E-state index in [0.717, 1.165) is 18.5 Å². The zero-order chi connectivity index (χ0) is 19.8. The maximum atomic E-state index is 12.8. The van der Waals surface area contributed by atoms with Crippen molar-refractivity contribution in [1.29, 1.82) is 5.26 Å². The van der Waals surface area contributed by atoms with E-state index in [-0.39, 0.29) is 11.9 Å². The molecule has 1 amide bonds. The number of ether oxygens (including phenoxy) is 1. The number of benzene rings is 1. The van der Waals surface area contributed by atoms with Gasteiger partial charge in [0.1, 0.15) is 18.1 Å². The third-order valence-corrected chi connectivity index (χ3v) is 5.21. The van der Waals surface area contributed by atoms with Crippen LogP contribution in [0.4, 0.5) is 0 Å². The van der Waals surface area contributed by atoms with Gasteiger partial charge >= 0.3 is 0 Å². The Morgan fingerprint density at radius 3 is 2.89 bits per heavy atom. The number of imidazole rings is 1. The van der Waals surface area contributed by atoms with Gasteiger partial charge in [-0.05, 0) is 50.8 Å². The highest BCUT2D eigenvalue weighted by Crippen LogP contribution is 2.33. The first-order valence-electron chi connectivity index (χ1n) is 9.26. The number of aromatic nitrogens is 3. The summed E-state index contributed by atoms with van der Waals surface area (Å²) < 4.78 is 7.25. The summed E-state index contributed by atoms with van der Waals surface area (Å²) in [6.07, 6.45) is 3.92. The van der Waals surface area contributed by atoms with Gasteiger partial charge < -0.3 is 10.1 Å². The van der Waals surface area contributed by atoms with Crippen LogP contribution in [0.3, 0.4) is 0 Å². The lowest BCUT2D eigenvalue weighted by Crippen LogP contribution is -2.34. The molecule has 2 heterocycles. The van der Waals surface area contributed by atoms with Gasteiger partial charge in [0.25, 0.3) is 5.91 Å². The van der Waals surface area contributed by atoms with Crippen molar-refractivity contribution in [2.24, 2.45) is 5.92 Å². The first kappa shape index (κ1) is 18.0. The fourth-order valence-corrected chi connectivity index (χ4v) is 3.45. The average Bonchev–Trinajstić information content (AvgIpc) is 3.46. The first-order chi connectivity index (χ1) is 13.5. The summed E-state index contributed by atoms with van der Waals surface area (Å²) in [5.74, 6) is 0.805. The van der Waals surface area contributed by atoms with E-state index in [1.807, 2.05) is 26.0 Å². The molecule has 1 N–H and O–H groups in total. The van der Waals surface area contributed by atoms with Crippen molar-refractivity contribution in [3.05, 3.63) is 47.5 Å². The molecule has 1 fully saturated rings. The van der Waals surface area contributed by atoms with Crippen molar-refractivity contribution < 1.29 is 9.53 Å². The van der Waals surface area contributed by atoms with Crippen LogP contribution < -0.4 is 10.1 Å². The van der Waals surface area contributed by atoms with Gasteiger partial charge in [0, 0.05) is 17.3 Å². The summed E-state index contributed by atoms with van der Waals surface area (Å²) in [5, 5.41) is 12.4. The molecule has 0 radical (unpaired) electrons. The van der Waals surface area contributed by atoms with Crippen molar-refractivity contribution in [2.45, 2.75) is 32.7 Å². The van der Waals surface area contributed by atoms with Crippen LogP contribution in [0.2, 0.25) is 0 Å². The molecular weight excluding hydrogens is 354 g/mol. The van der Waals surface area contributed by atoms with Crippen molar-refractivity contribution in [2.75, 3.05) is 7.11 Å². The molecule has 3 aromatic rings. The molecule has 0 spiro atoms. The SMILES string of the molecule is COc1c(C#N)cccc1-c1cc(C)n2cnc(C(=O)N[C@@H](C)C3CC3)c2n1. The van der Waals surface area contributed by atoms with Crippen LogP contribution in [0, 0.1) is 24.2 Å². The van der Waals surface area contributed by atoms with Gasteiger partial charge in [-0.25, -0.2) is 9.97 Å². The molecule has 2 aromatic heterocycles. The van der Waals surface area contributed by atoms with Crippen LogP contribution in [0.5, 0.6) is 5.75 Å².